The summed E-state index contributed by atoms with van der Waals surface area (Å²) in [5.41, 5.74) is 1.99. The van der Waals surface area contributed by atoms with Crippen LogP contribution in [0.5, 0.6) is 0 Å². The van der Waals surface area contributed by atoms with Crippen LogP contribution in [0.4, 0.5) is 8.78 Å². The molecule has 0 radical (unpaired) electrons. The summed E-state index contributed by atoms with van der Waals surface area (Å²) in [4.78, 5) is 0. The van der Waals surface area contributed by atoms with Crippen molar-refractivity contribution in [3.05, 3.63) is 71.3 Å². The lowest BCUT2D eigenvalue weighted by Gasteiger charge is -2.21. The Labute approximate surface area is 123 Å². The first-order chi connectivity index (χ1) is 10.1. The maximum absolute atomic E-state index is 13.1. The summed E-state index contributed by atoms with van der Waals surface area (Å²) >= 11 is 0. The minimum Gasteiger partial charge on any atom is -0.370 e. The molecule has 0 N–H and O–H groups in total. The lowest BCUT2D eigenvalue weighted by molar-refractivity contribution is 0.273. The Morgan fingerprint density at radius 1 is 0.952 bits per heavy atom. The topological polar surface area (TPSA) is 12.5 Å². The summed E-state index contributed by atoms with van der Waals surface area (Å²) in [5.74, 6) is -0.400. The third-order valence-corrected chi connectivity index (χ3v) is 4.32. The van der Waals surface area contributed by atoms with E-state index < -0.39 is 0 Å². The number of ether oxygens (including phenoxy) is 1. The highest BCUT2D eigenvalue weighted by molar-refractivity contribution is 5.33. The second kappa shape index (κ2) is 5.57. The summed E-state index contributed by atoms with van der Waals surface area (Å²) in [6.45, 7) is 2.88. The Morgan fingerprint density at radius 3 is 1.71 bits per heavy atom. The van der Waals surface area contributed by atoms with Crippen LogP contribution in [0.3, 0.4) is 0 Å². The molecule has 1 nitrogen and oxygen atoms in total. The highest BCUT2D eigenvalue weighted by atomic mass is 19.1. The van der Waals surface area contributed by atoms with Gasteiger partial charge in [-0.15, -0.1) is 0 Å². The maximum atomic E-state index is 13.1. The van der Waals surface area contributed by atoms with Crippen LogP contribution in [0.2, 0.25) is 0 Å². The van der Waals surface area contributed by atoms with E-state index in [1.807, 2.05) is 0 Å². The van der Waals surface area contributed by atoms with Gasteiger partial charge in [-0.05, 0) is 48.2 Å². The first-order valence-corrected chi connectivity index (χ1v) is 7.27. The molecule has 0 bridgehead atoms. The Morgan fingerprint density at radius 2 is 1.38 bits per heavy atom. The van der Waals surface area contributed by atoms with Crippen molar-refractivity contribution in [1.29, 1.82) is 0 Å². The first kappa shape index (κ1) is 14.2. The van der Waals surface area contributed by atoms with Gasteiger partial charge in [-0.25, -0.2) is 8.78 Å². The van der Waals surface area contributed by atoms with Crippen LogP contribution in [0, 0.1) is 11.6 Å². The molecule has 1 unspecified atom stereocenters. The first-order valence-electron chi connectivity index (χ1n) is 7.27. The zero-order valence-electron chi connectivity index (χ0n) is 12.0. The predicted octanol–water partition coefficient (Wildman–Crippen LogP) is 4.67. The third-order valence-electron chi connectivity index (χ3n) is 4.32. The second-order valence-corrected chi connectivity index (χ2v) is 5.69. The molecule has 0 aromatic heterocycles. The molecule has 3 heteroatoms. The number of hydrogen-bond acceptors (Lipinski definition) is 1. The smallest absolute Gasteiger partial charge is 0.123 e. The molecule has 1 saturated heterocycles. The second-order valence-electron chi connectivity index (χ2n) is 5.69. The zero-order chi connectivity index (χ0) is 14.9. The average Bonchev–Trinajstić information content (AvgIpc) is 3.27. The van der Waals surface area contributed by atoms with E-state index in [4.69, 9.17) is 4.74 Å². The van der Waals surface area contributed by atoms with Crippen LogP contribution in [0.1, 0.15) is 36.8 Å². The molecule has 110 valence electrons. The Bertz CT molecular complexity index is 555. The van der Waals surface area contributed by atoms with Crippen molar-refractivity contribution in [1.82, 2.24) is 0 Å². The molecular formula is C18H18F2O. The maximum Gasteiger partial charge on any atom is 0.123 e. The van der Waals surface area contributed by atoms with Gasteiger partial charge in [0.2, 0.25) is 0 Å². The average molecular weight is 288 g/mol. The van der Waals surface area contributed by atoms with Crippen molar-refractivity contribution in [3.63, 3.8) is 0 Å². The van der Waals surface area contributed by atoms with Gasteiger partial charge in [0.15, 0.2) is 0 Å². The van der Waals surface area contributed by atoms with Crippen LogP contribution >= 0.6 is 0 Å². The number of rotatable bonds is 5. The van der Waals surface area contributed by atoms with E-state index in [9.17, 15) is 8.78 Å². The lowest BCUT2D eigenvalue weighted by atomic mass is 9.83. The van der Waals surface area contributed by atoms with Gasteiger partial charge in [0.1, 0.15) is 11.6 Å². The van der Waals surface area contributed by atoms with Crippen LogP contribution in [0.25, 0.3) is 0 Å². The number of benzene rings is 2. The van der Waals surface area contributed by atoms with Crippen LogP contribution in [-0.4, -0.2) is 12.2 Å². The van der Waals surface area contributed by atoms with Crippen molar-refractivity contribution in [2.45, 2.75) is 31.3 Å². The summed E-state index contributed by atoms with van der Waals surface area (Å²) in [6.07, 6.45) is 1.78. The molecular weight excluding hydrogens is 270 g/mol. The summed E-state index contributed by atoms with van der Waals surface area (Å²) < 4.78 is 31.9. The molecule has 2 aromatic rings. The lowest BCUT2D eigenvalue weighted by Crippen LogP contribution is -2.16. The van der Waals surface area contributed by atoms with Crippen LogP contribution in [0.15, 0.2) is 48.5 Å². The predicted molar refractivity (Wildman–Crippen MR) is 78.2 cm³/mol. The molecule has 1 atom stereocenters. The molecule has 1 heterocycles. The van der Waals surface area contributed by atoms with E-state index in [1.54, 1.807) is 24.3 Å². The Hall–Kier alpha value is -1.74. The fourth-order valence-electron chi connectivity index (χ4n) is 2.76. The minimum absolute atomic E-state index is 0.0760. The van der Waals surface area contributed by atoms with Crippen LogP contribution < -0.4 is 0 Å². The van der Waals surface area contributed by atoms with Crippen molar-refractivity contribution in [3.8, 4) is 0 Å². The fraction of sp³-hybridized carbons (Fsp3) is 0.333. The Balaban J connectivity index is 1.94. The number of halogens is 2. The largest absolute Gasteiger partial charge is 0.370 e. The van der Waals surface area contributed by atoms with Gasteiger partial charge < -0.3 is 4.74 Å². The molecule has 1 aliphatic heterocycles. The van der Waals surface area contributed by atoms with Crippen molar-refractivity contribution < 1.29 is 13.5 Å². The van der Waals surface area contributed by atoms with E-state index in [1.165, 1.54) is 24.3 Å². The van der Waals surface area contributed by atoms with E-state index >= 15 is 0 Å². The normalized spacial score (nSPS) is 20.8. The summed E-state index contributed by atoms with van der Waals surface area (Å²) in [5, 5.41) is 0. The molecule has 21 heavy (non-hydrogen) atoms. The fourth-order valence-corrected chi connectivity index (χ4v) is 2.76. The van der Waals surface area contributed by atoms with E-state index in [0.29, 0.717) is 0 Å². The van der Waals surface area contributed by atoms with Crippen LogP contribution in [-0.2, 0) is 4.74 Å². The highest BCUT2D eigenvalue weighted by Crippen LogP contribution is 2.42. The van der Waals surface area contributed by atoms with Gasteiger partial charge in [-0.1, -0.05) is 31.2 Å². The SMILES string of the molecule is CCC1(CC(c2ccc(F)cc2)c2ccc(F)cc2)CO1. The molecule has 2 aromatic carbocycles. The van der Waals surface area contributed by atoms with Gasteiger partial charge in [-0.3, -0.25) is 0 Å². The van der Waals surface area contributed by atoms with Gasteiger partial charge in [0.05, 0.1) is 12.2 Å². The van der Waals surface area contributed by atoms with Gasteiger partial charge in [-0.2, -0.15) is 0 Å². The number of hydrogen-bond donors (Lipinski definition) is 0. The van der Waals surface area contributed by atoms with E-state index in [0.717, 1.165) is 30.6 Å². The van der Waals surface area contributed by atoms with Crippen molar-refractivity contribution in [2.75, 3.05) is 6.61 Å². The summed E-state index contributed by atoms with van der Waals surface area (Å²) in [6, 6.07) is 13.1. The molecule has 3 rings (SSSR count). The molecule has 0 spiro atoms. The van der Waals surface area contributed by atoms with E-state index in [2.05, 4.69) is 6.92 Å². The van der Waals surface area contributed by atoms with Gasteiger partial charge in [0, 0.05) is 5.92 Å². The summed E-state index contributed by atoms with van der Waals surface area (Å²) in [7, 11) is 0. The van der Waals surface area contributed by atoms with Gasteiger partial charge >= 0.3 is 0 Å². The quantitative estimate of drug-likeness (QED) is 0.729. The Kier molecular flexibility index (Phi) is 3.77. The third kappa shape index (κ3) is 3.13. The minimum atomic E-state index is -0.246. The zero-order valence-corrected chi connectivity index (χ0v) is 12.0. The molecule has 1 fully saturated rings. The van der Waals surface area contributed by atoms with Gasteiger partial charge in [0.25, 0.3) is 0 Å². The molecule has 0 amide bonds. The van der Waals surface area contributed by atoms with Crippen molar-refractivity contribution >= 4 is 0 Å². The standard InChI is InChI=1S/C18H18F2O/c1-2-18(12-21-18)11-17(13-3-7-15(19)8-4-13)14-5-9-16(20)10-6-14/h3-10,17H,2,11-12H2,1H3. The highest BCUT2D eigenvalue weighted by Gasteiger charge is 2.44. The molecule has 1 aliphatic rings. The molecule has 0 saturated carbocycles. The number of epoxide rings is 1. The molecule has 0 aliphatic carbocycles. The van der Waals surface area contributed by atoms with Crippen molar-refractivity contribution in [2.24, 2.45) is 0 Å². The van der Waals surface area contributed by atoms with E-state index in [-0.39, 0.29) is 23.2 Å². The monoisotopic (exact) mass is 288 g/mol.